The second-order valence-electron chi connectivity index (χ2n) is 6.15. The summed E-state index contributed by atoms with van der Waals surface area (Å²) in [7, 11) is 0. The monoisotopic (exact) mass is 318 g/mol. The van der Waals surface area contributed by atoms with Crippen LogP contribution in [0.5, 0.6) is 5.75 Å². The van der Waals surface area contributed by atoms with Gasteiger partial charge in [-0.15, -0.1) is 0 Å². The SMILES string of the molecule is Cc1cc(OC(F)F)c(C(C)(N)C2C=CC=CC2)c2cc[nH]c12. The van der Waals surface area contributed by atoms with Crippen molar-refractivity contribution in [2.45, 2.75) is 32.4 Å². The van der Waals surface area contributed by atoms with Crippen molar-refractivity contribution in [2.24, 2.45) is 11.7 Å². The molecule has 2 unspecified atom stereocenters. The van der Waals surface area contributed by atoms with Gasteiger partial charge in [-0.05, 0) is 38.0 Å². The fourth-order valence-electron chi connectivity index (χ4n) is 3.33. The Bertz CT molecular complexity index is 775. The molecule has 3 rings (SSSR count). The van der Waals surface area contributed by atoms with Gasteiger partial charge in [-0.1, -0.05) is 24.3 Å². The summed E-state index contributed by atoms with van der Waals surface area (Å²) in [4.78, 5) is 3.15. The normalized spacial score (nSPS) is 20.2. The van der Waals surface area contributed by atoms with Crippen molar-refractivity contribution in [3.05, 3.63) is 53.8 Å². The van der Waals surface area contributed by atoms with Gasteiger partial charge in [0.25, 0.3) is 0 Å². The smallest absolute Gasteiger partial charge is 0.387 e. The van der Waals surface area contributed by atoms with Gasteiger partial charge in [0.15, 0.2) is 0 Å². The molecule has 1 aromatic heterocycles. The zero-order chi connectivity index (χ0) is 16.6. The van der Waals surface area contributed by atoms with E-state index in [1.807, 2.05) is 44.2 Å². The third-order valence-electron chi connectivity index (χ3n) is 4.51. The molecule has 2 aromatic rings. The van der Waals surface area contributed by atoms with Crippen molar-refractivity contribution in [3.8, 4) is 5.75 Å². The first-order chi connectivity index (χ1) is 10.9. The van der Waals surface area contributed by atoms with Crippen LogP contribution in [0, 0.1) is 12.8 Å². The van der Waals surface area contributed by atoms with Crippen LogP contribution in [0.1, 0.15) is 24.5 Å². The molecular formula is C18H20F2N2O. The number of H-pyrrole nitrogens is 1. The Kier molecular flexibility index (Phi) is 3.98. The van der Waals surface area contributed by atoms with Gasteiger partial charge in [-0.3, -0.25) is 0 Å². The Labute approximate surface area is 133 Å². The molecule has 5 heteroatoms. The lowest BCUT2D eigenvalue weighted by atomic mass is 9.75. The molecule has 3 N–H and O–H groups in total. The summed E-state index contributed by atoms with van der Waals surface area (Å²) in [6.45, 7) is 0.844. The van der Waals surface area contributed by atoms with E-state index < -0.39 is 12.2 Å². The molecule has 1 heterocycles. The van der Waals surface area contributed by atoms with Gasteiger partial charge in [0.2, 0.25) is 0 Å². The Morgan fingerprint density at radius 1 is 1.39 bits per heavy atom. The number of hydrogen-bond acceptors (Lipinski definition) is 2. The zero-order valence-electron chi connectivity index (χ0n) is 13.1. The fraction of sp³-hybridized carbons (Fsp3) is 0.333. The van der Waals surface area contributed by atoms with Gasteiger partial charge in [0, 0.05) is 34.1 Å². The van der Waals surface area contributed by atoms with Crippen molar-refractivity contribution in [3.63, 3.8) is 0 Å². The quantitative estimate of drug-likeness (QED) is 0.878. The van der Waals surface area contributed by atoms with Crippen LogP contribution in [0.25, 0.3) is 10.9 Å². The Morgan fingerprint density at radius 3 is 2.83 bits per heavy atom. The second-order valence-corrected chi connectivity index (χ2v) is 6.15. The van der Waals surface area contributed by atoms with E-state index in [4.69, 9.17) is 10.5 Å². The Morgan fingerprint density at radius 2 is 2.17 bits per heavy atom. The average molecular weight is 318 g/mol. The molecule has 0 spiro atoms. The maximum atomic E-state index is 12.9. The molecule has 0 amide bonds. The van der Waals surface area contributed by atoms with E-state index in [0.717, 1.165) is 22.9 Å². The molecule has 0 saturated carbocycles. The largest absolute Gasteiger partial charge is 0.434 e. The van der Waals surface area contributed by atoms with E-state index in [1.54, 1.807) is 12.3 Å². The maximum Gasteiger partial charge on any atom is 0.387 e. The number of aromatic amines is 1. The maximum absolute atomic E-state index is 12.9. The highest BCUT2D eigenvalue weighted by atomic mass is 19.3. The fourth-order valence-corrected chi connectivity index (χ4v) is 3.33. The molecule has 0 aliphatic heterocycles. The molecule has 3 nitrogen and oxygen atoms in total. The summed E-state index contributed by atoms with van der Waals surface area (Å²) in [5, 5.41) is 0.827. The van der Waals surface area contributed by atoms with Gasteiger partial charge in [0.1, 0.15) is 5.75 Å². The number of ether oxygens (including phenoxy) is 1. The standard InChI is InChI=1S/C18H20F2N2O/c1-11-10-14(23-17(19)20)15(13-8-9-22-16(11)13)18(2,21)12-6-4-3-5-7-12/h3-6,8-10,12,17,22H,7,21H2,1-2H3. The summed E-state index contributed by atoms with van der Waals surface area (Å²) < 4.78 is 30.6. The summed E-state index contributed by atoms with van der Waals surface area (Å²) in [6.07, 6.45) is 10.5. The van der Waals surface area contributed by atoms with Gasteiger partial charge in [0.05, 0.1) is 0 Å². The number of aryl methyl sites for hydroxylation is 1. The third-order valence-corrected chi connectivity index (χ3v) is 4.51. The molecule has 0 radical (unpaired) electrons. The van der Waals surface area contributed by atoms with Crippen LogP contribution >= 0.6 is 0 Å². The Hall–Kier alpha value is -2.14. The second kappa shape index (κ2) is 5.81. The molecule has 122 valence electrons. The molecule has 0 fully saturated rings. The molecule has 2 atom stereocenters. The van der Waals surface area contributed by atoms with E-state index in [0.29, 0.717) is 5.56 Å². The number of aromatic nitrogens is 1. The van der Waals surface area contributed by atoms with E-state index >= 15 is 0 Å². The van der Waals surface area contributed by atoms with Crippen LogP contribution in [-0.2, 0) is 5.54 Å². The highest BCUT2D eigenvalue weighted by molar-refractivity contribution is 5.89. The summed E-state index contributed by atoms with van der Waals surface area (Å²) >= 11 is 0. The predicted octanol–water partition coefficient (Wildman–Crippen LogP) is 4.38. The number of alkyl halides is 2. The number of rotatable bonds is 4. The summed E-state index contributed by atoms with van der Waals surface area (Å²) in [5.41, 5.74) is 8.17. The average Bonchev–Trinajstić information content (AvgIpc) is 2.97. The summed E-state index contributed by atoms with van der Waals surface area (Å²) in [6, 6.07) is 3.50. The topological polar surface area (TPSA) is 51.0 Å². The molecule has 1 aromatic carbocycles. The van der Waals surface area contributed by atoms with E-state index in [2.05, 4.69) is 4.98 Å². The predicted molar refractivity (Wildman–Crippen MR) is 87.6 cm³/mol. The molecule has 0 bridgehead atoms. The lowest BCUT2D eigenvalue weighted by molar-refractivity contribution is -0.0510. The van der Waals surface area contributed by atoms with Crippen molar-refractivity contribution >= 4 is 10.9 Å². The van der Waals surface area contributed by atoms with Crippen LogP contribution in [0.3, 0.4) is 0 Å². The minimum absolute atomic E-state index is 0.00771. The van der Waals surface area contributed by atoms with Crippen molar-refractivity contribution in [1.82, 2.24) is 4.98 Å². The number of nitrogens with one attached hydrogen (secondary N) is 1. The number of benzene rings is 1. The van der Waals surface area contributed by atoms with E-state index in [9.17, 15) is 8.78 Å². The van der Waals surface area contributed by atoms with Crippen LogP contribution < -0.4 is 10.5 Å². The highest BCUT2D eigenvalue weighted by Gasteiger charge is 2.35. The van der Waals surface area contributed by atoms with Crippen molar-refractivity contribution < 1.29 is 13.5 Å². The number of nitrogens with two attached hydrogens (primary N) is 1. The van der Waals surface area contributed by atoms with Crippen molar-refractivity contribution in [1.29, 1.82) is 0 Å². The lowest BCUT2D eigenvalue weighted by Crippen LogP contribution is -2.41. The molecule has 23 heavy (non-hydrogen) atoms. The lowest BCUT2D eigenvalue weighted by Gasteiger charge is -2.35. The van der Waals surface area contributed by atoms with E-state index in [-0.39, 0.29) is 11.7 Å². The number of halogens is 2. The van der Waals surface area contributed by atoms with E-state index in [1.165, 1.54) is 0 Å². The van der Waals surface area contributed by atoms with Gasteiger partial charge in [-0.25, -0.2) is 0 Å². The number of fused-ring (bicyclic) bond motifs is 1. The van der Waals surface area contributed by atoms with Crippen LogP contribution in [0.2, 0.25) is 0 Å². The van der Waals surface area contributed by atoms with Crippen LogP contribution in [-0.4, -0.2) is 11.6 Å². The van der Waals surface area contributed by atoms with Crippen LogP contribution in [0.4, 0.5) is 8.78 Å². The first-order valence-corrected chi connectivity index (χ1v) is 7.59. The minimum Gasteiger partial charge on any atom is -0.434 e. The molecule has 0 saturated heterocycles. The third kappa shape index (κ3) is 2.77. The first-order valence-electron chi connectivity index (χ1n) is 7.59. The van der Waals surface area contributed by atoms with Crippen LogP contribution in [0.15, 0.2) is 42.6 Å². The molecular weight excluding hydrogens is 298 g/mol. The van der Waals surface area contributed by atoms with Gasteiger partial charge in [-0.2, -0.15) is 8.78 Å². The molecule has 1 aliphatic carbocycles. The first kappa shape index (κ1) is 15.7. The zero-order valence-corrected chi connectivity index (χ0v) is 13.1. The van der Waals surface area contributed by atoms with Gasteiger partial charge >= 0.3 is 6.61 Å². The minimum atomic E-state index is -2.89. The Balaban J connectivity index is 2.21. The molecule has 1 aliphatic rings. The summed E-state index contributed by atoms with van der Waals surface area (Å²) in [5.74, 6) is 0.158. The van der Waals surface area contributed by atoms with Gasteiger partial charge < -0.3 is 15.5 Å². The number of allylic oxidation sites excluding steroid dienone is 3. The number of hydrogen-bond donors (Lipinski definition) is 2. The van der Waals surface area contributed by atoms with Crippen molar-refractivity contribution in [2.75, 3.05) is 0 Å². The highest BCUT2D eigenvalue weighted by Crippen LogP contribution is 2.42.